The molecule has 0 saturated carbocycles. The van der Waals surface area contributed by atoms with Crippen molar-refractivity contribution in [2.24, 2.45) is 0 Å². The monoisotopic (exact) mass is 371 g/mol. The zero-order chi connectivity index (χ0) is 16.3. The average Bonchev–Trinajstić information content (AvgIpc) is 2.79. The minimum atomic E-state index is -4.51. The van der Waals surface area contributed by atoms with Gasteiger partial charge in [-0.25, -0.2) is 0 Å². The molecule has 1 aromatic rings. The summed E-state index contributed by atoms with van der Waals surface area (Å²) in [5, 5.41) is 3.20. The van der Waals surface area contributed by atoms with Crippen LogP contribution in [0.2, 0.25) is 5.02 Å². The topological polar surface area (TPSA) is 52.6 Å². The third-order valence-electron chi connectivity index (χ3n) is 3.73. The molecular weight excluding hydrogens is 361 g/mol. The predicted octanol–water partition coefficient (Wildman–Crippen LogP) is 2.78. The lowest BCUT2D eigenvalue weighted by molar-refractivity contribution is -0.137. The van der Waals surface area contributed by atoms with E-state index in [0.717, 1.165) is 18.2 Å². The van der Waals surface area contributed by atoms with E-state index in [9.17, 15) is 21.9 Å². The first-order valence-electron chi connectivity index (χ1n) is 6.27. The van der Waals surface area contributed by atoms with Gasteiger partial charge in [-0.2, -0.15) is 17.7 Å². The van der Waals surface area contributed by atoms with Gasteiger partial charge in [0, 0.05) is 0 Å². The van der Waals surface area contributed by atoms with Crippen LogP contribution >= 0.6 is 23.8 Å². The van der Waals surface area contributed by atoms with Gasteiger partial charge in [0.25, 0.3) is 0 Å². The van der Waals surface area contributed by atoms with Crippen molar-refractivity contribution in [3.63, 3.8) is 0 Å². The molecule has 10 heteroatoms. The number of alkyl halides is 3. The van der Waals surface area contributed by atoms with E-state index in [0.29, 0.717) is 0 Å². The number of anilines is 1. The number of benzene rings is 1. The average molecular weight is 372 g/mol. The van der Waals surface area contributed by atoms with Crippen molar-refractivity contribution in [2.75, 3.05) is 16.4 Å². The van der Waals surface area contributed by atoms with Crippen molar-refractivity contribution in [1.82, 2.24) is 5.32 Å². The number of hydrogen-bond donors (Lipinski definition) is 2. The standard InChI is InChI=1S/C12H10ClF3N2O2S2/c13-7-2-1-6(12(14,15)16)3-9(7)18-10-5-22(19,20)4-8(10)17-11(18)21/h1-3,8,10H,4-5H2,(H-,17,19,20,21)/p+1/t8-,10+/m0/s1. The number of rotatable bonds is 1. The molecule has 3 rings (SSSR count). The van der Waals surface area contributed by atoms with Crippen molar-refractivity contribution in [1.29, 1.82) is 0 Å². The molecule has 2 fully saturated rings. The summed E-state index contributed by atoms with van der Waals surface area (Å²) in [5.74, 6) is -0.0394. The van der Waals surface area contributed by atoms with E-state index in [4.69, 9.17) is 23.8 Å². The molecule has 2 aliphatic rings. The Morgan fingerprint density at radius 1 is 1.41 bits per heavy atom. The van der Waals surface area contributed by atoms with Crippen LogP contribution in [0.3, 0.4) is 0 Å². The number of nitrogens with one attached hydrogen (secondary N) is 1. The third kappa shape index (κ3) is 2.70. The van der Waals surface area contributed by atoms with Crippen molar-refractivity contribution < 1.29 is 21.9 Å². The molecule has 0 radical (unpaired) electrons. The first-order valence-corrected chi connectivity index (χ1v) is 8.91. The fourth-order valence-electron chi connectivity index (χ4n) is 2.78. The highest BCUT2D eigenvalue weighted by molar-refractivity contribution is 7.98. The molecule has 2 aliphatic heterocycles. The Kier molecular flexibility index (Phi) is 3.67. The molecule has 0 bridgehead atoms. The quantitative estimate of drug-likeness (QED) is 0.587. The van der Waals surface area contributed by atoms with E-state index >= 15 is 0 Å². The van der Waals surface area contributed by atoms with Crippen LogP contribution in [0.4, 0.5) is 18.9 Å². The molecule has 0 aliphatic carbocycles. The maximum absolute atomic E-state index is 12.9. The summed E-state index contributed by atoms with van der Waals surface area (Å²) in [4.78, 5) is 1.42. The fourth-order valence-corrected chi connectivity index (χ4v) is 5.29. The van der Waals surface area contributed by atoms with Gasteiger partial charge in [0.1, 0.15) is 12.1 Å². The molecule has 3 atom stereocenters. The van der Waals surface area contributed by atoms with Crippen LogP contribution in [0.5, 0.6) is 0 Å². The molecule has 1 aromatic carbocycles. The van der Waals surface area contributed by atoms with E-state index in [1.54, 1.807) is 0 Å². The van der Waals surface area contributed by atoms with Crippen LogP contribution in [-0.4, -0.2) is 33.3 Å². The van der Waals surface area contributed by atoms with Gasteiger partial charge in [-0.15, -0.1) is 0 Å². The Morgan fingerprint density at radius 2 is 2.09 bits per heavy atom. The normalized spacial score (nSPS) is 31.3. The Hall–Kier alpha value is -0.900. The van der Waals surface area contributed by atoms with Gasteiger partial charge >= 0.3 is 6.18 Å². The van der Waals surface area contributed by atoms with Gasteiger partial charge in [-0.1, -0.05) is 15.8 Å². The molecular formula is C12H11ClF3N2O2S2+. The van der Waals surface area contributed by atoms with Crippen LogP contribution in [0.1, 0.15) is 5.56 Å². The summed E-state index contributed by atoms with van der Waals surface area (Å²) >= 11 is 11.2. The summed E-state index contributed by atoms with van der Waals surface area (Å²) in [6.45, 7) is 0. The van der Waals surface area contributed by atoms with Crippen LogP contribution < -0.4 is 10.2 Å². The van der Waals surface area contributed by atoms with Gasteiger partial charge in [0.2, 0.25) is 10.2 Å². The Balaban J connectivity index is 2.03. The van der Waals surface area contributed by atoms with Crippen molar-refractivity contribution in [3.05, 3.63) is 28.8 Å². The zero-order valence-electron chi connectivity index (χ0n) is 10.9. The fraction of sp³-hybridized carbons (Fsp3) is 0.417. The second-order valence-electron chi connectivity index (χ2n) is 5.26. The molecule has 22 heavy (non-hydrogen) atoms. The summed E-state index contributed by atoms with van der Waals surface area (Å²) in [6.07, 6.45) is -4.51. The first-order chi connectivity index (χ1) is 10.1. The van der Waals surface area contributed by atoms with E-state index < -0.39 is 28.0 Å². The molecule has 2 N–H and O–H groups in total. The maximum Gasteiger partial charge on any atom is 0.416 e. The molecule has 4 nitrogen and oxygen atoms in total. The Bertz CT molecular complexity index is 697. The number of hydrogen-bond acceptors (Lipinski definition) is 2. The smallest absolute Gasteiger partial charge is 0.352 e. The van der Waals surface area contributed by atoms with Crippen LogP contribution in [-0.2, 0) is 20.6 Å². The lowest BCUT2D eigenvalue weighted by Gasteiger charge is -2.24. The lowest BCUT2D eigenvalue weighted by atomic mass is 10.1. The minimum absolute atomic E-state index is 0.0187. The molecule has 0 aromatic heterocycles. The van der Waals surface area contributed by atoms with Gasteiger partial charge in [0.15, 0.2) is 16.6 Å². The molecule has 1 unspecified atom stereocenters. The molecule has 2 heterocycles. The van der Waals surface area contributed by atoms with Gasteiger partial charge in [-0.05, 0) is 30.4 Å². The SMILES string of the molecule is O=[S+]1(O)C[C@@H]2NC(=S)N(c3cc(C(F)(F)F)ccc3Cl)[C@@H]2C1. The lowest BCUT2D eigenvalue weighted by Crippen LogP contribution is -2.37. The summed E-state index contributed by atoms with van der Waals surface area (Å²) < 4.78 is 60.2. The van der Waals surface area contributed by atoms with Gasteiger partial charge < -0.3 is 10.2 Å². The highest BCUT2D eigenvalue weighted by atomic mass is 35.5. The second kappa shape index (κ2) is 5.05. The Labute approximate surface area is 135 Å². The number of thiocarbonyl (C=S) groups is 1. The van der Waals surface area contributed by atoms with Crippen LogP contribution in [0.25, 0.3) is 0 Å². The van der Waals surface area contributed by atoms with E-state index in [1.165, 1.54) is 4.90 Å². The van der Waals surface area contributed by atoms with E-state index in [2.05, 4.69) is 5.32 Å². The highest BCUT2D eigenvalue weighted by Gasteiger charge is 2.54. The molecule has 120 valence electrons. The molecule has 0 spiro atoms. The summed E-state index contributed by atoms with van der Waals surface area (Å²) in [6, 6.07) is 2.11. The van der Waals surface area contributed by atoms with Crippen molar-refractivity contribution in [2.45, 2.75) is 18.3 Å². The largest absolute Gasteiger partial charge is 0.416 e. The number of halogens is 4. The van der Waals surface area contributed by atoms with Gasteiger partial charge in [0.05, 0.1) is 16.3 Å². The molecule has 0 amide bonds. The Morgan fingerprint density at radius 3 is 2.73 bits per heavy atom. The zero-order valence-corrected chi connectivity index (χ0v) is 13.3. The van der Waals surface area contributed by atoms with Crippen LogP contribution in [0, 0.1) is 0 Å². The second-order valence-corrected chi connectivity index (χ2v) is 8.27. The van der Waals surface area contributed by atoms with Crippen molar-refractivity contribution in [3.8, 4) is 0 Å². The predicted molar refractivity (Wildman–Crippen MR) is 82.7 cm³/mol. The molecule has 2 saturated heterocycles. The number of nitrogens with zero attached hydrogens (tertiary/aromatic N) is 1. The number of fused-ring (bicyclic) bond motifs is 1. The van der Waals surface area contributed by atoms with Gasteiger partial charge in [-0.3, -0.25) is 0 Å². The van der Waals surface area contributed by atoms with E-state index in [-0.39, 0.29) is 33.4 Å². The van der Waals surface area contributed by atoms with E-state index in [1.807, 2.05) is 0 Å². The minimum Gasteiger partial charge on any atom is -0.352 e. The van der Waals surface area contributed by atoms with Crippen LogP contribution in [0.15, 0.2) is 18.2 Å². The van der Waals surface area contributed by atoms with Crippen molar-refractivity contribution >= 4 is 44.8 Å². The summed E-state index contributed by atoms with van der Waals surface area (Å²) in [7, 11) is -3.00. The first kappa shape index (κ1) is 16.0. The highest BCUT2D eigenvalue weighted by Crippen LogP contribution is 2.39. The maximum atomic E-state index is 12.9. The third-order valence-corrected chi connectivity index (χ3v) is 6.10. The summed E-state index contributed by atoms with van der Waals surface area (Å²) in [5.41, 5.74) is -0.750.